The first-order chi connectivity index (χ1) is 12.0. The Balaban J connectivity index is 1.95. The van der Waals surface area contributed by atoms with E-state index in [0.29, 0.717) is 16.0 Å². The van der Waals surface area contributed by atoms with Gasteiger partial charge in [-0.2, -0.15) is 0 Å². The quantitative estimate of drug-likeness (QED) is 0.652. The second kappa shape index (κ2) is 7.16. The van der Waals surface area contributed by atoms with Crippen LogP contribution in [0.25, 0.3) is 6.08 Å². The maximum Gasteiger partial charge on any atom is 0.331 e. The summed E-state index contributed by atoms with van der Waals surface area (Å²) in [4.78, 5) is 25.9. The lowest BCUT2D eigenvalue weighted by Gasteiger charge is -2.23. The molecule has 25 heavy (non-hydrogen) atoms. The van der Waals surface area contributed by atoms with E-state index in [0.717, 1.165) is 16.7 Å². The van der Waals surface area contributed by atoms with Crippen molar-refractivity contribution in [2.75, 3.05) is 0 Å². The fourth-order valence-corrected chi connectivity index (χ4v) is 3.76. The highest BCUT2D eigenvalue weighted by molar-refractivity contribution is 8.26. The van der Waals surface area contributed by atoms with Crippen molar-refractivity contribution in [3.05, 3.63) is 76.4 Å². The molecule has 0 saturated carbocycles. The highest BCUT2D eigenvalue weighted by Crippen LogP contribution is 2.38. The average molecular weight is 373 g/mol. The van der Waals surface area contributed by atoms with Crippen LogP contribution >= 0.6 is 24.0 Å². The second-order valence-electron chi connectivity index (χ2n) is 5.25. The van der Waals surface area contributed by atoms with Crippen LogP contribution in [-0.4, -0.2) is 26.2 Å². The van der Waals surface area contributed by atoms with Gasteiger partial charge in [-0.15, -0.1) is 0 Å². The summed E-state index contributed by atoms with van der Waals surface area (Å²) in [5, 5.41) is 9.61. The van der Waals surface area contributed by atoms with Gasteiger partial charge in [-0.25, -0.2) is 9.18 Å². The number of amides is 1. The number of carbonyl (C=O) groups is 2. The first-order valence-electron chi connectivity index (χ1n) is 7.28. The molecular formula is C18H12FNO3S2. The van der Waals surface area contributed by atoms with Crippen LogP contribution in [-0.2, 0) is 9.59 Å². The number of carbonyl (C=O) groups excluding carboxylic acids is 1. The summed E-state index contributed by atoms with van der Waals surface area (Å²) >= 11 is 6.26. The van der Waals surface area contributed by atoms with E-state index in [2.05, 4.69) is 0 Å². The summed E-state index contributed by atoms with van der Waals surface area (Å²) in [6.45, 7) is 0. The molecule has 1 aliphatic heterocycles. The molecule has 0 radical (unpaired) electrons. The highest BCUT2D eigenvalue weighted by atomic mass is 32.2. The van der Waals surface area contributed by atoms with Crippen molar-refractivity contribution in [2.45, 2.75) is 6.04 Å². The zero-order valence-electron chi connectivity index (χ0n) is 12.8. The largest absolute Gasteiger partial charge is 0.479 e. The predicted molar refractivity (Wildman–Crippen MR) is 98.2 cm³/mol. The fourth-order valence-electron chi connectivity index (χ4n) is 2.45. The Kier molecular flexibility index (Phi) is 4.96. The number of hydrogen-bond acceptors (Lipinski definition) is 4. The molecule has 126 valence electrons. The number of thioether (sulfide) groups is 1. The molecule has 4 nitrogen and oxygen atoms in total. The number of nitrogens with zero attached hydrogens (tertiary/aromatic N) is 1. The van der Waals surface area contributed by atoms with Crippen molar-refractivity contribution in [3.63, 3.8) is 0 Å². The lowest BCUT2D eigenvalue weighted by Crippen LogP contribution is -2.37. The summed E-state index contributed by atoms with van der Waals surface area (Å²) in [6, 6.07) is 12.9. The number of rotatable bonds is 4. The van der Waals surface area contributed by atoms with Gasteiger partial charge in [-0.05, 0) is 29.3 Å². The third-order valence-corrected chi connectivity index (χ3v) is 4.93. The van der Waals surface area contributed by atoms with E-state index in [4.69, 9.17) is 12.2 Å². The van der Waals surface area contributed by atoms with Gasteiger partial charge in [0.15, 0.2) is 6.04 Å². The molecule has 1 aliphatic rings. The van der Waals surface area contributed by atoms with E-state index >= 15 is 0 Å². The Bertz CT molecular complexity index is 866. The molecule has 1 saturated heterocycles. The van der Waals surface area contributed by atoms with E-state index in [1.807, 2.05) is 0 Å². The van der Waals surface area contributed by atoms with Gasteiger partial charge in [0.25, 0.3) is 5.91 Å². The standard InChI is InChI=1S/C18H12FNO3S2/c19-13-8-6-11(7-9-13)10-14-16(21)20(18(24)25-14)15(17(22)23)12-4-2-1-3-5-12/h1-10,15H,(H,22,23). The summed E-state index contributed by atoms with van der Waals surface area (Å²) in [5.41, 5.74) is 1.10. The van der Waals surface area contributed by atoms with Crippen LogP contribution in [0.1, 0.15) is 17.2 Å². The maximum absolute atomic E-state index is 13.0. The Morgan fingerprint density at radius 2 is 1.80 bits per heavy atom. The molecule has 0 aromatic heterocycles. The van der Waals surface area contributed by atoms with Gasteiger partial charge in [0.2, 0.25) is 0 Å². The Morgan fingerprint density at radius 1 is 1.16 bits per heavy atom. The van der Waals surface area contributed by atoms with E-state index in [-0.39, 0.29) is 10.1 Å². The predicted octanol–water partition coefficient (Wildman–Crippen LogP) is 3.85. The van der Waals surface area contributed by atoms with Crippen LogP contribution in [0.3, 0.4) is 0 Å². The third-order valence-electron chi connectivity index (χ3n) is 3.60. The van der Waals surface area contributed by atoms with Crippen molar-refractivity contribution in [3.8, 4) is 0 Å². The van der Waals surface area contributed by atoms with Crippen molar-refractivity contribution in [1.82, 2.24) is 4.90 Å². The molecule has 2 aromatic carbocycles. The van der Waals surface area contributed by atoms with Crippen LogP contribution in [0.4, 0.5) is 4.39 Å². The summed E-state index contributed by atoms with van der Waals surface area (Å²) in [7, 11) is 0. The number of aliphatic carboxylic acids is 1. The smallest absolute Gasteiger partial charge is 0.331 e. The van der Waals surface area contributed by atoms with E-state index in [9.17, 15) is 19.1 Å². The zero-order valence-corrected chi connectivity index (χ0v) is 14.4. The van der Waals surface area contributed by atoms with Crippen LogP contribution in [0.5, 0.6) is 0 Å². The summed E-state index contributed by atoms with van der Waals surface area (Å²) < 4.78 is 13.2. The number of benzene rings is 2. The highest BCUT2D eigenvalue weighted by Gasteiger charge is 2.41. The van der Waals surface area contributed by atoms with Gasteiger partial charge in [0, 0.05) is 0 Å². The number of carboxylic acids is 1. The molecular weight excluding hydrogens is 361 g/mol. The van der Waals surface area contributed by atoms with E-state index in [1.54, 1.807) is 36.4 Å². The van der Waals surface area contributed by atoms with Crippen molar-refractivity contribution in [2.24, 2.45) is 0 Å². The minimum atomic E-state index is -1.19. The minimum Gasteiger partial charge on any atom is -0.479 e. The van der Waals surface area contributed by atoms with Crippen LogP contribution in [0.15, 0.2) is 59.5 Å². The molecule has 1 amide bonds. The number of halogens is 1. The normalized spacial score (nSPS) is 17.2. The van der Waals surface area contributed by atoms with Crippen LogP contribution < -0.4 is 0 Å². The van der Waals surface area contributed by atoms with E-state index in [1.165, 1.54) is 24.3 Å². The molecule has 1 heterocycles. The molecule has 1 fully saturated rings. The van der Waals surface area contributed by atoms with E-state index < -0.39 is 17.9 Å². The lowest BCUT2D eigenvalue weighted by molar-refractivity contribution is -0.145. The molecule has 0 bridgehead atoms. The Hall–Kier alpha value is -2.51. The van der Waals surface area contributed by atoms with Gasteiger partial charge in [0.1, 0.15) is 10.1 Å². The first-order valence-corrected chi connectivity index (χ1v) is 8.50. The number of thiocarbonyl (C=S) groups is 1. The minimum absolute atomic E-state index is 0.176. The number of hydrogen-bond donors (Lipinski definition) is 1. The lowest BCUT2D eigenvalue weighted by atomic mass is 10.1. The number of carboxylic acid groups (broad SMARTS) is 1. The van der Waals surface area contributed by atoms with Crippen LogP contribution in [0.2, 0.25) is 0 Å². The maximum atomic E-state index is 13.0. The van der Waals surface area contributed by atoms with Gasteiger partial charge in [-0.1, -0.05) is 66.4 Å². The van der Waals surface area contributed by atoms with Crippen molar-refractivity contribution in [1.29, 1.82) is 0 Å². The fraction of sp³-hybridized carbons (Fsp3) is 0.0556. The van der Waals surface area contributed by atoms with Crippen molar-refractivity contribution >= 4 is 46.3 Å². The van der Waals surface area contributed by atoms with Gasteiger partial charge >= 0.3 is 5.97 Å². The zero-order chi connectivity index (χ0) is 18.0. The molecule has 3 rings (SSSR count). The van der Waals surface area contributed by atoms with Crippen LogP contribution in [0, 0.1) is 5.82 Å². The molecule has 2 aromatic rings. The SMILES string of the molecule is O=C(O)C(c1ccccc1)N1C(=O)C(=Cc2ccc(F)cc2)SC1=S. The first kappa shape index (κ1) is 17.3. The second-order valence-corrected chi connectivity index (χ2v) is 6.93. The Morgan fingerprint density at radius 3 is 2.40 bits per heavy atom. The van der Waals surface area contributed by atoms with Gasteiger partial charge < -0.3 is 5.11 Å². The summed E-state index contributed by atoms with van der Waals surface area (Å²) in [6.07, 6.45) is 1.57. The topological polar surface area (TPSA) is 57.6 Å². The third kappa shape index (κ3) is 3.62. The molecule has 1 unspecified atom stereocenters. The molecule has 0 aliphatic carbocycles. The Labute approximate surface area is 153 Å². The van der Waals surface area contributed by atoms with Gasteiger partial charge in [-0.3, -0.25) is 9.69 Å². The molecule has 0 spiro atoms. The van der Waals surface area contributed by atoms with Crippen molar-refractivity contribution < 1.29 is 19.1 Å². The monoisotopic (exact) mass is 373 g/mol. The average Bonchev–Trinajstić information content (AvgIpc) is 2.86. The summed E-state index contributed by atoms with van der Waals surface area (Å²) in [5.74, 6) is -2.01. The molecule has 7 heteroatoms. The van der Waals surface area contributed by atoms with Gasteiger partial charge in [0.05, 0.1) is 4.91 Å². The molecule has 1 atom stereocenters. The molecule has 1 N–H and O–H groups in total.